The number of benzene rings is 3. The molecule has 2 aliphatic rings. The Kier molecular flexibility index (Phi) is 8.91. The van der Waals surface area contributed by atoms with Crippen molar-refractivity contribution in [2.75, 3.05) is 19.6 Å². The zero-order valence-corrected chi connectivity index (χ0v) is 23.1. The highest BCUT2D eigenvalue weighted by atomic mass is 19.1. The molecule has 3 amide bonds. The van der Waals surface area contributed by atoms with Crippen LogP contribution in [-0.2, 0) is 19.1 Å². The molecule has 0 bridgehead atoms. The van der Waals surface area contributed by atoms with Gasteiger partial charge in [0.2, 0.25) is 12.2 Å². The summed E-state index contributed by atoms with van der Waals surface area (Å²) in [5.41, 5.74) is 0.805. The number of cyclic esters (lactones) is 1. The number of nitrogens with one attached hydrogen (secondary N) is 2. The fourth-order valence-corrected chi connectivity index (χ4v) is 5.22. The highest BCUT2D eigenvalue weighted by Gasteiger charge is 2.36. The van der Waals surface area contributed by atoms with E-state index in [0.717, 1.165) is 10.8 Å². The molecule has 5 rings (SSSR count). The van der Waals surface area contributed by atoms with Crippen molar-refractivity contribution in [1.82, 2.24) is 15.5 Å². The zero-order valence-electron chi connectivity index (χ0n) is 23.1. The van der Waals surface area contributed by atoms with E-state index < -0.39 is 53.5 Å². The molecule has 3 unspecified atom stereocenters. The van der Waals surface area contributed by atoms with Crippen LogP contribution in [0, 0.1) is 11.7 Å². The molecule has 3 aromatic rings. The number of halogens is 1. The lowest BCUT2D eigenvalue weighted by atomic mass is 10.00. The topological polar surface area (TPSA) is 142 Å². The van der Waals surface area contributed by atoms with Crippen LogP contribution in [0.25, 0.3) is 10.8 Å². The summed E-state index contributed by atoms with van der Waals surface area (Å²) in [6.07, 6.45) is 0.112. The summed E-state index contributed by atoms with van der Waals surface area (Å²) < 4.78 is 18.8. The first-order chi connectivity index (χ1) is 20.7. The Bertz CT molecular complexity index is 1620. The molecule has 1 fully saturated rings. The lowest BCUT2D eigenvalue weighted by molar-refractivity contribution is -0.156. The van der Waals surface area contributed by atoms with E-state index in [4.69, 9.17) is 4.74 Å². The second kappa shape index (κ2) is 13.0. The third-order valence-electron chi connectivity index (χ3n) is 7.50. The van der Waals surface area contributed by atoms with Gasteiger partial charge in [0.05, 0.1) is 18.5 Å². The number of aliphatic hydroxyl groups is 1. The highest BCUT2D eigenvalue weighted by molar-refractivity contribution is 6.01. The zero-order chi connectivity index (χ0) is 30.5. The minimum Gasteiger partial charge on any atom is -0.436 e. The molecule has 0 radical (unpaired) electrons. The molecule has 0 aromatic heterocycles. The summed E-state index contributed by atoms with van der Waals surface area (Å²) in [4.78, 5) is 65.1. The Morgan fingerprint density at radius 1 is 0.977 bits per heavy atom. The summed E-state index contributed by atoms with van der Waals surface area (Å²) >= 11 is 0. The molecular weight excluding hydrogens is 557 g/mol. The average Bonchev–Trinajstić information content (AvgIpc) is 3.23. The summed E-state index contributed by atoms with van der Waals surface area (Å²) in [6, 6.07) is 17.3. The molecule has 10 nitrogen and oxygen atoms in total. The van der Waals surface area contributed by atoms with Crippen LogP contribution in [-0.4, -0.2) is 71.4 Å². The molecule has 222 valence electrons. The van der Waals surface area contributed by atoms with Crippen LogP contribution >= 0.6 is 0 Å². The quantitative estimate of drug-likeness (QED) is 0.258. The number of nitrogens with zero attached hydrogens (tertiary/aromatic N) is 1. The van der Waals surface area contributed by atoms with Crippen LogP contribution in [0.4, 0.5) is 4.39 Å². The van der Waals surface area contributed by atoms with Gasteiger partial charge in [0.25, 0.3) is 11.8 Å². The predicted molar refractivity (Wildman–Crippen MR) is 153 cm³/mol. The van der Waals surface area contributed by atoms with Crippen molar-refractivity contribution in [3.63, 3.8) is 0 Å². The van der Waals surface area contributed by atoms with E-state index in [-0.39, 0.29) is 44.5 Å². The molecule has 2 heterocycles. The van der Waals surface area contributed by atoms with Crippen LogP contribution in [0.3, 0.4) is 0 Å². The van der Waals surface area contributed by atoms with E-state index in [2.05, 4.69) is 10.6 Å². The van der Waals surface area contributed by atoms with Crippen LogP contribution in [0.15, 0.2) is 78.4 Å². The van der Waals surface area contributed by atoms with Gasteiger partial charge >= 0.3 is 5.97 Å². The van der Waals surface area contributed by atoms with Crippen molar-refractivity contribution in [2.24, 2.45) is 5.92 Å². The Morgan fingerprint density at radius 3 is 2.47 bits per heavy atom. The van der Waals surface area contributed by atoms with Crippen molar-refractivity contribution < 1.29 is 38.2 Å². The minimum absolute atomic E-state index is 0.0276. The van der Waals surface area contributed by atoms with Gasteiger partial charge in [0.15, 0.2) is 5.78 Å². The third-order valence-corrected chi connectivity index (χ3v) is 7.50. The lowest BCUT2D eigenvalue weighted by Crippen LogP contribution is -2.49. The number of carbonyl (C=O) groups is 5. The molecule has 43 heavy (non-hydrogen) atoms. The first-order valence-corrected chi connectivity index (χ1v) is 13.9. The summed E-state index contributed by atoms with van der Waals surface area (Å²) in [7, 11) is 0. The van der Waals surface area contributed by atoms with E-state index in [1.54, 1.807) is 18.2 Å². The van der Waals surface area contributed by atoms with Gasteiger partial charge in [-0.15, -0.1) is 0 Å². The van der Waals surface area contributed by atoms with Crippen LogP contribution in [0.1, 0.15) is 40.0 Å². The molecule has 3 aromatic carbocycles. The first kappa shape index (κ1) is 29.6. The lowest BCUT2D eigenvalue weighted by Gasteiger charge is -2.26. The summed E-state index contributed by atoms with van der Waals surface area (Å²) in [5.74, 6) is -4.03. The number of rotatable bonds is 9. The van der Waals surface area contributed by atoms with E-state index >= 15 is 0 Å². The number of ether oxygens (including phenoxy) is 1. The molecule has 1 saturated heterocycles. The number of fused-ring (bicyclic) bond motifs is 1. The number of amides is 3. The molecule has 3 atom stereocenters. The maximum absolute atomic E-state index is 14.1. The first-order valence-electron chi connectivity index (χ1n) is 13.9. The second-order valence-electron chi connectivity index (χ2n) is 10.6. The number of Topliss-reactive ketones (excluding diaryl/α,β-unsaturated/α-hetero) is 1. The van der Waals surface area contributed by atoms with Gasteiger partial charge in [-0.2, -0.15) is 0 Å². The average molecular weight is 588 g/mol. The number of esters is 1. The Morgan fingerprint density at radius 2 is 1.72 bits per heavy atom. The van der Waals surface area contributed by atoms with Gasteiger partial charge in [-0.1, -0.05) is 48.5 Å². The van der Waals surface area contributed by atoms with Crippen molar-refractivity contribution in [2.45, 2.75) is 31.6 Å². The fraction of sp³-hybridized carbons (Fsp3) is 0.281. The molecule has 0 spiro atoms. The number of hydrogen-bond donors (Lipinski definition) is 3. The summed E-state index contributed by atoms with van der Waals surface area (Å²) in [5, 5.41) is 17.1. The SMILES string of the molecule is O=C(CC1CC(=O)OC1O)CN1CC(CNC(=O)c2ccccc2F)=CCC(NC(=O)c2ccc3ccccc3c2)C1=O. The van der Waals surface area contributed by atoms with Crippen LogP contribution in [0.5, 0.6) is 0 Å². The smallest absolute Gasteiger partial charge is 0.308 e. The van der Waals surface area contributed by atoms with E-state index in [1.165, 1.54) is 29.2 Å². The standard InChI is InChI=1S/C32H30FN3O7/c33-26-8-4-3-7-25(26)30(40)34-16-19-9-12-27(35-29(39)22-11-10-20-5-1-2-6-21(20)13-22)31(41)36(17-19)18-24(37)14-23-15-28(38)43-32(23)42/h1-11,13,23,27,32,42H,12,14-18H2,(H,34,40)(H,35,39). The highest BCUT2D eigenvalue weighted by Crippen LogP contribution is 2.24. The van der Waals surface area contributed by atoms with Crippen LogP contribution in [0.2, 0.25) is 0 Å². The molecule has 2 aliphatic heterocycles. The van der Waals surface area contributed by atoms with Gasteiger partial charge in [0.1, 0.15) is 11.9 Å². The summed E-state index contributed by atoms with van der Waals surface area (Å²) in [6.45, 7) is -0.412. The molecular formula is C32H30FN3O7. The molecule has 0 saturated carbocycles. The number of hydrogen-bond acceptors (Lipinski definition) is 7. The fourth-order valence-electron chi connectivity index (χ4n) is 5.22. The van der Waals surface area contributed by atoms with Crippen molar-refractivity contribution in [1.29, 1.82) is 0 Å². The van der Waals surface area contributed by atoms with Gasteiger partial charge in [0, 0.05) is 31.0 Å². The van der Waals surface area contributed by atoms with Gasteiger partial charge in [-0.05, 0) is 47.0 Å². The second-order valence-corrected chi connectivity index (χ2v) is 10.6. The maximum Gasteiger partial charge on any atom is 0.308 e. The monoisotopic (exact) mass is 587 g/mol. The maximum atomic E-state index is 14.1. The third kappa shape index (κ3) is 7.12. The molecule has 3 N–H and O–H groups in total. The van der Waals surface area contributed by atoms with Crippen molar-refractivity contribution in [3.05, 3.63) is 95.3 Å². The van der Waals surface area contributed by atoms with Gasteiger partial charge < -0.3 is 25.4 Å². The molecule has 0 aliphatic carbocycles. The van der Waals surface area contributed by atoms with Crippen molar-refractivity contribution >= 4 is 40.2 Å². The normalized spacial score (nSPS) is 20.3. The van der Waals surface area contributed by atoms with E-state index in [0.29, 0.717) is 11.1 Å². The predicted octanol–water partition coefficient (Wildman–Crippen LogP) is 2.51. The van der Waals surface area contributed by atoms with E-state index in [9.17, 15) is 33.5 Å². The van der Waals surface area contributed by atoms with Crippen molar-refractivity contribution in [3.8, 4) is 0 Å². The van der Waals surface area contributed by atoms with Gasteiger partial charge in [-0.3, -0.25) is 24.0 Å². The Hall–Kier alpha value is -4.90. The van der Waals surface area contributed by atoms with E-state index in [1.807, 2.05) is 30.3 Å². The van der Waals surface area contributed by atoms with Gasteiger partial charge in [-0.25, -0.2) is 4.39 Å². The molecule has 11 heteroatoms. The number of aliphatic hydroxyl groups excluding tert-OH is 1. The largest absolute Gasteiger partial charge is 0.436 e. The Balaban J connectivity index is 1.32. The van der Waals surface area contributed by atoms with Crippen LogP contribution < -0.4 is 10.6 Å². The number of carbonyl (C=O) groups excluding carboxylic acids is 5. The number of ketones is 1. The Labute approximate surface area is 246 Å². The minimum atomic E-state index is -1.39.